The van der Waals surface area contributed by atoms with Gasteiger partial charge < -0.3 is 24.7 Å². The number of carbonyl (C=O) groups is 1. The average Bonchev–Trinajstić information content (AvgIpc) is 3.14. The van der Waals surface area contributed by atoms with Crippen LogP contribution in [0.4, 0.5) is 10.5 Å². The summed E-state index contributed by atoms with van der Waals surface area (Å²) in [5, 5.41) is 5.45. The van der Waals surface area contributed by atoms with E-state index in [-0.39, 0.29) is 11.6 Å². The van der Waals surface area contributed by atoms with Gasteiger partial charge in [0.25, 0.3) is 5.56 Å². The van der Waals surface area contributed by atoms with E-state index in [1.807, 2.05) is 19.2 Å². The number of rotatable bonds is 5. The highest BCUT2D eigenvalue weighted by molar-refractivity contribution is 7.16. The summed E-state index contributed by atoms with van der Waals surface area (Å²) in [7, 11) is 0. The molecule has 2 aromatic heterocycles. The van der Waals surface area contributed by atoms with E-state index >= 15 is 0 Å². The monoisotopic (exact) mass is 428 g/mol. The summed E-state index contributed by atoms with van der Waals surface area (Å²) in [5.41, 5.74) is 1.96. The van der Waals surface area contributed by atoms with Crippen molar-refractivity contribution in [3.05, 3.63) is 39.5 Å². The summed E-state index contributed by atoms with van der Waals surface area (Å²) in [4.78, 5) is 35.1. The zero-order valence-corrected chi connectivity index (χ0v) is 17.8. The highest BCUT2D eigenvalue weighted by Crippen LogP contribution is 2.32. The molecule has 0 spiro atoms. The lowest BCUT2D eigenvalue weighted by Gasteiger charge is -2.27. The van der Waals surface area contributed by atoms with Crippen molar-refractivity contribution in [2.75, 3.05) is 38.2 Å². The van der Waals surface area contributed by atoms with Crippen molar-refractivity contribution in [2.24, 2.45) is 0 Å². The number of aryl methyl sites for hydroxylation is 1. The minimum absolute atomic E-state index is 0.182. The smallest absolute Gasteiger partial charge is 0.321 e. The first kappa shape index (κ1) is 20.4. The van der Waals surface area contributed by atoms with Crippen LogP contribution >= 0.6 is 11.3 Å². The Morgan fingerprint density at radius 1 is 1.37 bits per heavy atom. The van der Waals surface area contributed by atoms with Gasteiger partial charge in [-0.1, -0.05) is 6.92 Å². The molecule has 0 bridgehead atoms. The van der Waals surface area contributed by atoms with Crippen LogP contribution in [0.25, 0.3) is 21.6 Å². The maximum atomic E-state index is 12.6. The number of benzene rings is 1. The second-order valence-electron chi connectivity index (χ2n) is 7.10. The molecule has 3 heterocycles. The summed E-state index contributed by atoms with van der Waals surface area (Å²) in [6.07, 6.45) is 0.849. The van der Waals surface area contributed by atoms with Crippen molar-refractivity contribution in [3.63, 3.8) is 0 Å². The van der Waals surface area contributed by atoms with Crippen molar-refractivity contribution in [3.8, 4) is 17.1 Å². The number of aromatic nitrogens is 2. The molecule has 8 nitrogen and oxygen atoms in total. The highest BCUT2D eigenvalue weighted by atomic mass is 32.1. The molecule has 0 unspecified atom stereocenters. The first-order valence-corrected chi connectivity index (χ1v) is 10.8. The van der Waals surface area contributed by atoms with Crippen LogP contribution in [-0.4, -0.2) is 53.8 Å². The second kappa shape index (κ2) is 8.85. The number of thiophene rings is 1. The standard InChI is InChI=1S/C21H24N4O4S/c1-3-8-29-16-5-4-14(22-21(27)25-6-9-28-10-7-25)11-15(16)18-23-19(26)17-13(2)12-30-20(17)24-18/h4-5,11-12H,3,6-10H2,1-2H3,(H,22,27)(H,23,24,26). The Hall–Kier alpha value is -2.91. The molecule has 1 aromatic carbocycles. The third-order valence-electron chi connectivity index (χ3n) is 4.87. The molecule has 2 N–H and O–H groups in total. The van der Waals surface area contributed by atoms with E-state index in [0.29, 0.717) is 66.0 Å². The van der Waals surface area contributed by atoms with Gasteiger partial charge in [-0.3, -0.25) is 4.79 Å². The largest absolute Gasteiger partial charge is 0.493 e. The lowest BCUT2D eigenvalue weighted by molar-refractivity contribution is 0.0564. The summed E-state index contributed by atoms with van der Waals surface area (Å²) in [6.45, 7) is 6.64. The van der Waals surface area contributed by atoms with Crippen molar-refractivity contribution >= 4 is 33.3 Å². The molecule has 0 atom stereocenters. The number of anilines is 1. The molecular weight excluding hydrogens is 404 g/mol. The number of ether oxygens (including phenoxy) is 2. The molecule has 30 heavy (non-hydrogen) atoms. The number of carbonyl (C=O) groups excluding carboxylic acids is 1. The summed E-state index contributed by atoms with van der Waals surface area (Å²) in [6, 6.07) is 5.19. The van der Waals surface area contributed by atoms with Gasteiger partial charge in [-0.25, -0.2) is 9.78 Å². The number of morpholine rings is 1. The van der Waals surface area contributed by atoms with Crippen LogP contribution in [0.3, 0.4) is 0 Å². The lowest BCUT2D eigenvalue weighted by Crippen LogP contribution is -2.43. The number of urea groups is 1. The topological polar surface area (TPSA) is 96.5 Å². The normalized spacial score (nSPS) is 14.1. The zero-order valence-electron chi connectivity index (χ0n) is 17.0. The van der Waals surface area contributed by atoms with Crippen molar-refractivity contribution < 1.29 is 14.3 Å². The molecule has 0 saturated carbocycles. The van der Waals surface area contributed by atoms with Crippen molar-refractivity contribution in [1.29, 1.82) is 0 Å². The van der Waals surface area contributed by atoms with E-state index in [1.165, 1.54) is 11.3 Å². The minimum Gasteiger partial charge on any atom is -0.493 e. The van der Waals surface area contributed by atoms with E-state index in [4.69, 9.17) is 9.47 Å². The number of nitrogens with one attached hydrogen (secondary N) is 2. The van der Waals surface area contributed by atoms with Gasteiger partial charge in [-0.2, -0.15) is 0 Å². The fraction of sp³-hybridized carbons (Fsp3) is 0.381. The van der Waals surface area contributed by atoms with Crippen molar-refractivity contribution in [2.45, 2.75) is 20.3 Å². The van der Waals surface area contributed by atoms with Crippen LogP contribution in [0.2, 0.25) is 0 Å². The minimum atomic E-state index is -0.183. The molecule has 0 aliphatic carbocycles. The number of aromatic amines is 1. The van der Waals surface area contributed by atoms with E-state index < -0.39 is 0 Å². The van der Waals surface area contributed by atoms with E-state index in [9.17, 15) is 9.59 Å². The Labute approximate surface area is 177 Å². The predicted molar refractivity (Wildman–Crippen MR) is 118 cm³/mol. The van der Waals surface area contributed by atoms with Gasteiger partial charge in [0.1, 0.15) is 16.4 Å². The fourth-order valence-electron chi connectivity index (χ4n) is 3.32. The van der Waals surface area contributed by atoms with Crippen LogP contribution in [0, 0.1) is 6.92 Å². The van der Waals surface area contributed by atoms with Crippen LogP contribution < -0.4 is 15.6 Å². The lowest BCUT2D eigenvalue weighted by atomic mass is 10.1. The molecule has 1 aliphatic rings. The quantitative estimate of drug-likeness (QED) is 0.647. The van der Waals surface area contributed by atoms with Crippen LogP contribution in [-0.2, 0) is 4.74 Å². The third-order valence-corrected chi connectivity index (χ3v) is 5.86. The molecule has 4 rings (SSSR count). The first-order valence-electron chi connectivity index (χ1n) is 9.96. The average molecular weight is 429 g/mol. The predicted octanol–water partition coefficient (Wildman–Crippen LogP) is 3.61. The Morgan fingerprint density at radius 2 is 2.17 bits per heavy atom. The Kier molecular flexibility index (Phi) is 6.01. The number of hydrogen-bond donors (Lipinski definition) is 2. The number of nitrogens with zero attached hydrogens (tertiary/aromatic N) is 2. The maximum Gasteiger partial charge on any atom is 0.321 e. The molecule has 158 valence electrons. The van der Waals surface area contributed by atoms with Crippen LogP contribution in [0.5, 0.6) is 5.75 Å². The van der Waals surface area contributed by atoms with Gasteiger partial charge >= 0.3 is 6.03 Å². The molecule has 1 saturated heterocycles. The van der Waals surface area contributed by atoms with E-state index in [1.54, 1.807) is 23.1 Å². The van der Waals surface area contributed by atoms with Crippen LogP contribution in [0.1, 0.15) is 18.9 Å². The molecule has 1 aliphatic heterocycles. The van der Waals surface area contributed by atoms with Crippen LogP contribution in [0.15, 0.2) is 28.4 Å². The second-order valence-corrected chi connectivity index (χ2v) is 7.96. The zero-order chi connectivity index (χ0) is 21.1. The Bertz CT molecular complexity index is 1120. The highest BCUT2D eigenvalue weighted by Gasteiger charge is 2.19. The van der Waals surface area contributed by atoms with Gasteiger partial charge in [0.05, 0.1) is 30.8 Å². The van der Waals surface area contributed by atoms with Gasteiger partial charge in [-0.15, -0.1) is 11.3 Å². The first-order chi connectivity index (χ1) is 14.6. The molecule has 2 amide bonds. The fourth-order valence-corrected chi connectivity index (χ4v) is 4.24. The Balaban J connectivity index is 1.70. The summed E-state index contributed by atoms with van der Waals surface area (Å²) < 4.78 is 11.2. The number of amides is 2. The summed E-state index contributed by atoms with van der Waals surface area (Å²) >= 11 is 1.43. The summed E-state index contributed by atoms with van der Waals surface area (Å²) in [5.74, 6) is 1.03. The van der Waals surface area contributed by atoms with Gasteiger partial charge in [0.15, 0.2) is 0 Å². The molecular formula is C21H24N4O4S. The molecule has 3 aromatic rings. The van der Waals surface area contributed by atoms with E-state index in [0.717, 1.165) is 12.0 Å². The number of H-pyrrole nitrogens is 1. The molecule has 9 heteroatoms. The van der Waals surface area contributed by atoms with Crippen molar-refractivity contribution in [1.82, 2.24) is 14.9 Å². The number of hydrogen-bond acceptors (Lipinski definition) is 6. The third kappa shape index (κ3) is 4.17. The number of fused-ring (bicyclic) bond motifs is 1. The molecule has 1 fully saturated rings. The maximum absolute atomic E-state index is 12.6. The SMILES string of the molecule is CCCOc1ccc(NC(=O)N2CCOCC2)cc1-c1nc2scc(C)c2c(=O)[nH]1. The van der Waals surface area contributed by atoms with Gasteiger partial charge in [0, 0.05) is 18.8 Å². The van der Waals surface area contributed by atoms with Gasteiger partial charge in [-0.05, 0) is 42.5 Å². The van der Waals surface area contributed by atoms with E-state index in [2.05, 4.69) is 15.3 Å². The molecule has 0 radical (unpaired) electrons. The Morgan fingerprint density at radius 3 is 2.93 bits per heavy atom. The van der Waals surface area contributed by atoms with Gasteiger partial charge in [0.2, 0.25) is 0 Å².